The fraction of sp³-hybridized carbons (Fsp3) is 0.500. The molecule has 1 aromatic rings. The number of carbonyl (C=O) groups is 2. The maximum Gasteiger partial charge on any atom is 0.254 e. The normalized spacial score (nSPS) is 18.1. The van der Waals surface area contributed by atoms with Crippen LogP contribution in [0.4, 0.5) is 5.69 Å². The van der Waals surface area contributed by atoms with Crippen molar-refractivity contribution in [1.29, 1.82) is 0 Å². The average molecular weight is 287 g/mol. The standard InChI is InChI=1S/C16H21N3O2/c1-10(15(20)19-12-7-8-12)18-16(21)13-6-2-4-11-5-3-9-17-14(11)13/h2,4,6,10,12,17H,3,5,7-9H2,1H3,(H,18,21)(H,19,20). The van der Waals surface area contributed by atoms with E-state index >= 15 is 0 Å². The van der Waals surface area contributed by atoms with E-state index < -0.39 is 6.04 Å². The van der Waals surface area contributed by atoms with E-state index in [-0.39, 0.29) is 11.8 Å². The maximum absolute atomic E-state index is 12.4. The lowest BCUT2D eigenvalue weighted by atomic mass is 9.99. The summed E-state index contributed by atoms with van der Waals surface area (Å²) in [6.45, 7) is 2.60. The molecule has 0 aromatic heterocycles. The Kier molecular flexibility index (Phi) is 3.82. The summed E-state index contributed by atoms with van der Waals surface area (Å²) >= 11 is 0. The van der Waals surface area contributed by atoms with Gasteiger partial charge in [0.1, 0.15) is 6.04 Å². The third-order valence-corrected chi connectivity index (χ3v) is 3.98. The molecule has 1 aliphatic heterocycles. The Morgan fingerprint density at radius 2 is 2.14 bits per heavy atom. The minimum absolute atomic E-state index is 0.108. The Hall–Kier alpha value is -2.04. The van der Waals surface area contributed by atoms with Crippen molar-refractivity contribution < 1.29 is 9.59 Å². The van der Waals surface area contributed by atoms with Crippen LogP contribution in [0.15, 0.2) is 18.2 Å². The van der Waals surface area contributed by atoms with Gasteiger partial charge in [0.05, 0.1) is 11.3 Å². The quantitative estimate of drug-likeness (QED) is 0.785. The molecule has 21 heavy (non-hydrogen) atoms. The Morgan fingerprint density at radius 1 is 1.33 bits per heavy atom. The van der Waals surface area contributed by atoms with E-state index in [1.165, 1.54) is 5.56 Å². The van der Waals surface area contributed by atoms with Crippen molar-refractivity contribution in [1.82, 2.24) is 10.6 Å². The number of benzene rings is 1. The lowest BCUT2D eigenvalue weighted by Crippen LogP contribution is -2.45. The van der Waals surface area contributed by atoms with Gasteiger partial charge in [0.2, 0.25) is 5.91 Å². The Bertz CT molecular complexity index is 567. The summed E-state index contributed by atoms with van der Waals surface area (Å²) in [5, 5.41) is 8.99. The molecule has 1 fully saturated rings. The van der Waals surface area contributed by atoms with E-state index in [9.17, 15) is 9.59 Å². The monoisotopic (exact) mass is 287 g/mol. The molecule has 1 heterocycles. The summed E-state index contributed by atoms with van der Waals surface area (Å²) in [5.41, 5.74) is 2.71. The Morgan fingerprint density at radius 3 is 2.90 bits per heavy atom. The average Bonchev–Trinajstić information content (AvgIpc) is 3.30. The van der Waals surface area contributed by atoms with Crippen molar-refractivity contribution in [3.05, 3.63) is 29.3 Å². The van der Waals surface area contributed by atoms with Crippen LogP contribution in [0.3, 0.4) is 0 Å². The third kappa shape index (κ3) is 3.17. The van der Waals surface area contributed by atoms with Crippen LogP contribution in [0.2, 0.25) is 0 Å². The van der Waals surface area contributed by atoms with Gasteiger partial charge in [-0.05, 0) is 44.2 Å². The zero-order valence-corrected chi connectivity index (χ0v) is 12.2. The topological polar surface area (TPSA) is 70.2 Å². The fourth-order valence-corrected chi connectivity index (χ4v) is 2.59. The Labute approximate surface area is 124 Å². The molecule has 0 spiro atoms. The van der Waals surface area contributed by atoms with E-state index in [2.05, 4.69) is 16.0 Å². The molecule has 1 aromatic carbocycles. The van der Waals surface area contributed by atoms with Gasteiger partial charge in [-0.2, -0.15) is 0 Å². The number of rotatable bonds is 4. The van der Waals surface area contributed by atoms with Gasteiger partial charge in [-0.1, -0.05) is 12.1 Å². The molecule has 0 radical (unpaired) electrons. The van der Waals surface area contributed by atoms with Gasteiger partial charge in [-0.3, -0.25) is 9.59 Å². The first-order chi connectivity index (χ1) is 10.1. The first-order valence-corrected chi connectivity index (χ1v) is 7.62. The SMILES string of the molecule is CC(NC(=O)c1cccc2c1NCCC2)C(=O)NC1CC1. The van der Waals surface area contributed by atoms with E-state index in [4.69, 9.17) is 0 Å². The van der Waals surface area contributed by atoms with Gasteiger partial charge >= 0.3 is 0 Å². The van der Waals surface area contributed by atoms with Crippen LogP contribution in [0.5, 0.6) is 0 Å². The van der Waals surface area contributed by atoms with E-state index in [1.54, 1.807) is 13.0 Å². The highest BCUT2D eigenvalue weighted by atomic mass is 16.2. The molecule has 5 heteroatoms. The number of anilines is 1. The molecule has 2 amide bonds. The smallest absolute Gasteiger partial charge is 0.254 e. The Balaban J connectivity index is 1.68. The van der Waals surface area contributed by atoms with Crippen molar-refractivity contribution in [3.8, 4) is 0 Å². The molecule has 1 unspecified atom stereocenters. The van der Waals surface area contributed by atoms with Crippen LogP contribution in [0.25, 0.3) is 0 Å². The van der Waals surface area contributed by atoms with Crippen molar-refractivity contribution in [2.24, 2.45) is 0 Å². The molecular formula is C16H21N3O2. The number of hydrogen-bond acceptors (Lipinski definition) is 3. The van der Waals surface area contributed by atoms with Crippen LogP contribution in [-0.2, 0) is 11.2 Å². The van der Waals surface area contributed by atoms with Crippen LogP contribution in [0.1, 0.15) is 42.1 Å². The molecule has 3 N–H and O–H groups in total. The zero-order chi connectivity index (χ0) is 14.8. The predicted molar refractivity (Wildman–Crippen MR) is 81.3 cm³/mol. The van der Waals surface area contributed by atoms with E-state index in [0.717, 1.165) is 37.9 Å². The second-order valence-corrected chi connectivity index (χ2v) is 5.85. The number of fused-ring (bicyclic) bond motifs is 1. The minimum atomic E-state index is -0.516. The highest BCUT2D eigenvalue weighted by molar-refractivity contribution is 6.02. The lowest BCUT2D eigenvalue weighted by molar-refractivity contribution is -0.122. The maximum atomic E-state index is 12.4. The number of carbonyl (C=O) groups excluding carboxylic acids is 2. The molecule has 5 nitrogen and oxygen atoms in total. The number of aryl methyl sites for hydroxylation is 1. The van der Waals surface area contributed by atoms with Crippen LogP contribution in [0, 0.1) is 0 Å². The molecule has 112 valence electrons. The molecule has 3 rings (SSSR count). The van der Waals surface area contributed by atoms with Crippen LogP contribution >= 0.6 is 0 Å². The predicted octanol–water partition coefficient (Wildman–Crippen LogP) is 1.44. The fourth-order valence-electron chi connectivity index (χ4n) is 2.59. The molecule has 1 atom stereocenters. The summed E-state index contributed by atoms with van der Waals surface area (Å²) in [7, 11) is 0. The third-order valence-electron chi connectivity index (χ3n) is 3.98. The van der Waals surface area contributed by atoms with E-state index in [0.29, 0.717) is 11.6 Å². The molecule has 1 saturated carbocycles. The molecule has 1 aliphatic carbocycles. The van der Waals surface area contributed by atoms with Gasteiger partial charge in [-0.25, -0.2) is 0 Å². The number of para-hydroxylation sites is 1. The summed E-state index contributed by atoms with van der Waals surface area (Å²) in [6, 6.07) is 5.54. The summed E-state index contributed by atoms with van der Waals surface area (Å²) in [4.78, 5) is 24.3. The zero-order valence-electron chi connectivity index (χ0n) is 12.2. The van der Waals surface area contributed by atoms with Crippen molar-refractivity contribution in [2.45, 2.75) is 44.7 Å². The summed E-state index contributed by atoms with van der Waals surface area (Å²) in [5.74, 6) is -0.302. The largest absolute Gasteiger partial charge is 0.384 e. The van der Waals surface area contributed by atoms with Gasteiger partial charge in [-0.15, -0.1) is 0 Å². The van der Waals surface area contributed by atoms with Gasteiger partial charge in [0.25, 0.3) is 5.91 Å². The van der Waals surface area contributed by atoms with Gasteiger partial charge in [0, 0.05) is 12.6 Å². The summed E-state index contributed by atoms with van der Waals surface area (Å²) < 4.78 is 0. The highest BCUT2D eigenvalue weighted by Crippen LogP contribution is 2.26. The summed E-state index contributed by atoms with van der Waals surface area (Å²) in [6.07, 6.45) is 4.16. The van der Waals surface area contributed by atoms with Crippen molar-refractivity contribution in [2.75, 3.05) is 11.9 Å². The van der Waals surface area contributed by atoms with E-state index in [1.807, 2.05) is 12.1 Å². The molecule has 0 saturated heterocycles. The van der Waals surface area contributed by atoms with Crippen molar-refractivity contribution in [3.63, 3.8) is 0 Å². The van der Waals surface area contributed by atoms with Gasteiger partial charge in [0.15, 0.2) is 0 Å². The second kappa shape index (κ2) is 5.76. The van der Waals surface area contributed by atoms with Crippen LogP contribution < -0.4 is 16.0 Å². The van der Waals surface area contributed by atoms with Crippen LogP contribution in [-0.4, -0.2) is 30.4 Å². The number of hydrogen-bond donors (Lipinski definition) is 3. The first kappa shape index (κ1) is 13.9. The van der Waals surface area contributed by atoms with Crippen molar-refractivity contribution >= 4 is 17.5 Å². The second-order valence-electron chi connectivity index (χ2n) is 5.85. The number of nitrogens with one attached hydrogen (secondary N) is 3. The molecule has 2 aliphatic rings. The number of amides is 2. The van der Waals surface area contributed by atoms with Gasteiger partial charge < -0.3 is 16.0 Å². The first-order valence-electron chi connectivity index (χ1n) is 7.62. The molecule has 0 bridgehead atoms. The highest BCUT2D eigenvalue weighted by Gasteiger charge is 2.27. The lowest BCUT2D eigenvalue weighted by Gasteiger charge is -2.21. The molecular weight excluding hydrogens is 266 g/mol. The minimum Gasteiger partial charge on any atom is -0.384 e.